The first-order valence-corrected chi connectivity index (χ1v) is 4.60. The number of alkyl halides is 1. The van der Waals surface area contributed by atoms with Crippen molar-refractivity contribution < 1.29 is 4.39 Å². The van der Waals surface area contributed by atoms with Crippen LogP contribution >= 0.6 is 0 Å². The van der Waals surface area contributed by atoms with Gasteiger partial charge in [-0.1, -0.05) is 12.2 Å². The maximum atomic E-state index is 11.8. The number of hydrogen-bond donors (Lipinski definition) is 3. The van der Waals surface area contributed by atoms with E-state index in [1.165, 1.54) is 0 Å². The lowest BCUT2D eigenvalue weighted by molar-refractivity contribution is 0.486. The van der Waals surface area contributed by atoms with Gasteiger partial charge in [0.2, 0.25) is 0 Å². The lowest BCUT2D eigenvalue weighted by Gasteiger charge is -2.13. The Kier molecular flexibility index (Phi) is 7.50. The molecule has 1 atom stereocenters. The van der Waals surface area contributed by atoms with Gasteiger partial charge in [0.1, 0.15) is 6.67 Å². The summed E-state index contributed by atoms with van der Waals surface area (Å²) in [6.45, 7) is 3.79. The molecule has 0 rings (SSSR count). The van der Waals surface area contributed by atoms with E-state index in [4.69, 9.17) is 5.41 Å². The zero-order valence-corrected chi connectivity index (χ0v) is 8.68. The van der Waals surface area contributed by atoms with E-state index in [1.54, 1.807) is 6.20 Å². The first kappa shape index (κ1) is 12.7. The van der Waals surface area contributed by atoms with Gasteiger partial charge >= 0.3 is 0 Å². The molecule has 0 radical (unpaired) electrons. The van der Waals surface area contributed by atoms with Crippen LogP contribution in [0.4, 0.5) is 4.39 Å². The van der Waals surface area contributed by atoms with Gasteiger partial charge < -0.3 is 10.6 Å². The van der Waals surface area contributed by atoms with Gasteiger partial charge in [-0.2, -0.15) is 0 Å². The van der Waals surface area contributed by atoms with Crippen LogP contribution in [0.3, 0.4) is 0 Å². The highest BCUT2D eigenvalue weighted by Crippen LogP contribution is 2.00. The van der Waals surface area contributed by atoms with E-state index >= 15 is 0 Å². The Hall–Kier alpha value is -1.32. The molecule has 0 aliphatic rings. The molecule has 3 nitrogen and oxygen atoms in total. The van der Waals surface area contributed by atoms with Crippen molar-refractivity contribution in [2.45, 2.75) is 19.9 Å². The van der Waals surface area contributed by atoms with E-state index in [0.717, 1.165) is 11.9 Å². The van der Waals surface area contributed by atoms with Gasteiger partial charge in [-0.15, -0.1) is 0 Å². The standard InChI is InChI=1S/C10H18FN3/c1-3-4-10(14-8-12)9(2)7-13-6-5-11/h3-4,7-8,10,13H,5-6H2,1-2H3,(H2,12,14)/b4-3-,9-7+. The second-order valence-corrected chi connectivity index (χ2v) is 2.85. The molecular formula is C10H18FN3. The molecule has 0 bridgehead atoms. The van der Waals surface area contributed by atoms with Gasteiger partial charge in [0, 0.05) is 6.54 Å². The van der Waals surface area contributed by atoms with Crippen LogP contribution < -0.4 is 10.6 Å². The number of nitrogens with one attached hydrogen (secondary N) is 3. The monoisotopic (exact) mass is 199 g/mol. The third-order valence-corrected chi connectivity index (χ3v) is 1.71. The molecule has 0 saturated heterocycles. The normalized spacial score (nSPS) is 14.1. The van der Waals surface area contributed by atoms with Gasteiger partial charge in [0.25, 0.3) is 0 Å². The first-order valence-electron chi connectivity index (χ1n) is 4.60. The van der Waals surface area contributed by atoms with Crippen LogP contribution in [0.2, 0.25) is 0 Å². The molecule has 0 fully saturated rings. The molecule has 80 valence electrons. The maximum Gasteiger partial charge on any atom is 0.107 e. The summed E-state index contributed by atoms with van der Waals surface area (Å²) >= 11 is 0. The summed E-state index contributed by atoms with van der Waals surface area (Å²) in [5.74, 6) is 0. The molecule has 0 aliphatic carbocycles. The Bertz CT molecular complexity index is 211. The van der Waals surface area contributed by atoms with Crippen LogP contribution in [0.25, 0.3) is 0 Å². The SMILES string of the molecule is C/C=C\C(NC=N)/C(C)=C/NCCF. The fourth-order valence-electron chi connectivity index (χ4n) is 0.999. The molecule has 0 aromatic heterocycles. The average molecular weight is 199 g/mol. The molecule has 1 unspecified atom stereocenters. The lowest BCUT2D eigenvalue weighted by Crippen LogP contribution is -2.27. The quantitative estimate of drug-likeness (QED) is 0.252. The third-order valence-electron chi connectivity index (χ3n) is 1.71. The molecule has 0 aromatic carbocycles. The highest BCUT2D eigenvalue weighted by atomic mass is 19.1. The van der Waals surface area contributed by atoms with Crippen LogP contribution in [0, 0.1) is 5.41 Å². The Labute approximate surface area is 84.6 Å². The van der Waals surface area contributed by atoms with Crippen molar-refractivity contribution in [3.63, 3.8) is 0 Å². The molecule has 0 amide bonds. The highest BCUT2D eigenvalue weighted by Gasteiger charge is 2.02. The molecule has 4 heteroatoms. The minimum atomic E-state index is -0.379. The fraction of sp³-hybridized carbons (Fsp3) is 0.500. The minimum absolute atomic E-state index is 0.00427. The highest BCUT2D eigenvalue weighted by molar-refractivity contribution is 5.52. The predicted molar refractivity (Wildman–Crippen MR) is 58.3 cm³/mol. The van der Waals surface area contributed by atoms with Crippen molar-refractivity contribution in [3.8, 4) is 0 Å². The summed E-state index contributed by atoms with van der Waals surface area (Å²) in [7, 11) is 0. The minimum Gasteiger partial charge on any atom is -0.388 e. The first-order chi connectivity index (χ1) is 6.76. The van der Waals surface area contributed by atoms with Gasteiger partial charge in [-0.05, 0) is 25.6 Å². The van der Waals surface area contributed by atoms with Crippen LogP contribution in [0.5, 0.6) is 0 Å². The topological polar surface area (TPSA) is 47.9 Å². The Morgan fingerprint density at radius 1 is 1.57 bits per heavy atom. The third kappa shape index (κ3) is 5.35. The summed E-state index contributed by atoms with van der Waals surface area (Å²) < 4.78 is 11.8. The molecule has 0 aliphatic heterocycles. The van der Waals surface area contributed by atoms with Crippen LogP contribution in [-0.4, -0.2) is 25.6 Å². The van der Waals surface area contributed by atoms with Crippen LogP contribution in [-0.2, 0) is 0 Å². The Morgan fingerprint density at radius 2 is 2.29 bits per heavy atom. The molecular weight excluding hydrogens is 181 g/mol. The number of hydrogen-bond acceptors (Lipinski definition) is 2. The maximum absolute atomic E-state index is 11.8. The summed E-state index contributed by atoms with van der Waals surface area (Å²) in [4.78, 5) is 0. The number of halogens is 1. The predicted octanol–water partition coefficient (Wildman–Crippen LogP) is 1.59. The van der Waals surface area contributed by atoms with Crippen molar-refractivity contribution in [3.05, 3.63) is 23.9 Å². The lowest BCUT2D eigenvalue weighted by atomic mass is 10.1. The van der Waals surface area contributed by atoms with Crippen LogP contribution in [0.15, 0.2) is 23.9 Å². The van der Waals surface area contributed by atoms with Crippen molar-refractivity contribution in [2.75, 3.05) is 13.2 Å². The van der Waals surface area contributed by atoms with E-state index in [2.05, 4.69) is 10.6 Å². The Morgan fingerprint density at radius 3 is 2.79 bits per heavy atom. The van der Waals surface area contributed by atoms with Gasteiger partial charge in [0.05, 0.1) is 12.4 Å². The molecule has 0 heterocycles. The summed E-state index contributed by atoms with van der Waals surface area (Å²) in [5, 5.41) is 12.6. The molecule has 0 aromatic rings. The van der Waals surface area contributed by atoms with Crippen molar-refractivity contribution in [1.29, 1.82) is 5.41 Å². The van der Waals surface area contributed by atoms with Crippen molar-refractivity contribution >= 4 is 6.34 Å². The number of rotatable bonds is 7. The molecule has 3 N–H and O–H groups in total. The van der Waals surface area contributed by atoms with E-state index in [9.17, 15) is 4.39 Å². The molecule has 0 spiro atoms. The second-order valence-electron chi connectivity index (χ2n) is 2.85. The van der Waals surface area contributed by atoms with E-state index in [0.29, 0.717) is 6.54 Å². The van der Waals surface area contributed by atoms with E-state index in [1.807, 2.05) is 26.0 Å². The Balaban J connectivity index is 4.18. The zero-order valence-electron chi connectivity index (χ0n) is 8.68. The van der Waals surface area contributed by atoms with Crippen molar-refractivity contribution in [2.24, 2.45) is 0 Å². The second kappa shape index (κ2) is 8.29. The average Bonchev–Trinajstić information content (AvgIpc) is 2.18. The van der Waals surface area contributed by atoms with Gasteiger partial charge in [0.15, 0.2) is 0 Å². The smallest absolute Gasteiger partial charge is 0.107 e. The van der Waals surface area contributed by atoms with Crippen molar-refractivity contribution in [1.82, 2.24) is 10.6 Å². The van der Waals surface area contributed by atoms with E-state index < -0.39 is 0 Å². The van der Waals surface area contributed by atoms with E-state index in [-0.39, 0.29) is 12.7 Å². The summed E-state index contributed by atoms with van der Waals surface area (Å²) in [6.07, 6.45) is 6.76. The zero-order chi connectivity index (χ0) is 10.8. The summed E-state index contributed by atoms with van der Waals surface area (Å²) in [5.41, 5.74) is 1.01. The molecule has 0 saturated carbocycles. The number of allylic oxidation sites excluding steroid dienone is 1. The molecule has 14 heavy (non-hydrogen) atoms. The van der Waals surface area contributed by atoms with Gasteiger partial charge in [-0.3, -0.25) is 5.41 Å². The summed E-state index contributed by atoms with van der Waals surface area (Å²) in [6, 6.07) is 0.00427. The van der Waals surface area contributed by atoms with Gasteiger partial charge in [-0.25, -0.2) is 4.39 Å². The van der Waals surface area contributed by atoms with Crippen LogP contribution in [0.1, 0.15) is 13.8 Å². The largest absolute Gasteiger partial charge is 0.388 e. The fourth-order valence-corrected chi connectivity index (χ4v) is 0.999.